The molecule has 20 heavy (non-hydrogen) atoms. The lowest BCUT2D eigenvalue weighted by Gasteiger charge is -2.17. The molecule has 0 saturated carbocycles. The number of aromatic nitrogens is 1. The van der Waals surface area contributed by atoms with E-state index >= 15 is 0 Å². The average molecular weight is 288 g/mol. The zero-order valence-corrected chi connectivity index (χ0v) is 11.9. The van der Waals surface area contributed by atoms with Gasteiger partial charge < -0.3 is 10.4 Å². The van der Waals surface area contributed by atoms with Crippen LogP contribution in [0.5, 0.6) is 0 Å². The van der Waals surface area contributed by atoms with Crippen LogP contribution >= 0.6 is 11.8 Å². The highest BCUT2D eigenvalue weighted by molar-refractivity contribution is 7.98. The lowest BCUT2D eigenvalue weighted by molar-refractivity contribution is 0.0912. The topological polar surface area (TPSA) is 62.2 Å². The zero-order chi connectivity index (χ0) is 14.4. The molecule has 0 unspecified atom stereocenters. The Morgan fingerprint density at radius 1 is 1.30 bits per heavy atom. The molecule has 2 N–H and O–H groups in total. The summed E-state index contributed by atoms with van der Waals surface area (Å²) < 4.78 is 0. The minimum atomic E-state index is -0.418. The molecule has 1 aromatic heterocycles. The molecule has 0 aliphatic heterocycles. The van der Waals surface area contributed by atoms with Gasteiger partial charge in [0.15, 0.2) is 0 Å². The maximum Gasteiger partial charge on any atom is 0.254 e. The van der Waals surface area contributed by atoms with Crippen molar-refractivity contribution in [1.82, 2.24) is 10.3 Å². The van der Waals surface area contributed by atoms with Crippen molar-refractivity contribution in [3.05, 3.63) is 59.8 Å². The average Bonchev–Trinajstić information content (AvgIpc) is 2.53. The predicted molar refractivity (Wildman–Crippen MR) is 79.8 cm³/mol. The molecule has 104 valence electrons. The fourth-order valence-electron chi connectivity index (χ4n) is 1.88. The number of hydrogen-bond acceptors (Lipinski definition) is 4. The number of carbonyl (C=O) groups is 1. The highest BCUT2D eigenvalue weighted by atomic mass is 32.2. The highest BCUT2D eigenvalue weighted by Gasteiger charge is 2.17. The van der Waals surface area contributed by atoms with E-state index in [0.717, 1.165) is 5.56 Å². The molecule has 4 nitrogen and oxygen atoms in total. The van der Waals surface area contributed by atoms with Gasteiger partial charge in [-0.1, -0.05) is 30.3 Å². The third-order valence-corrected chi connectivity index (χ3v) is 3.61. The second-order valence-corrected chi connectivity index (χ2v) is 4.97. The second-order valence-electron chi connectivity index (χ2n) is 4.18. The number of thioether (sulfide) groups is 1. The van der Waals surface area contributed by atoms with Crippen molar-refractivity contribution in [2.24, 2.45) is 0 Å². The first-order chi connectivity index (χ1) is 9.76. The first-order valence-corrected chi connectivity index (χ1v) is 7.44. The molecule has 0 aliphatic carbocycles. The van der Waals surface area contributed by atoms with Gasteiger partial charge in [-0.25, -0.2) is 4.98 Å². The number of aliphatic hydroxyl groups is 1. The molecule has 0 fully saturated rings. The van der Waals surface area contributed by atoms with E-state index in [-0.39, 0.29) is 12.5 Å². The van der Waals surface area contributed by atoms with Crippen LogP contribution in [0.15, 0.2) is 53.7 Å². The van der Waals surface area contributed by atoms with Crippen molar-refractivity contribution in [1.29, 1.82) is 0 Å². The van der Waals surface area contributed by atoms with Crippen molar-refractivity contribution < 1.29 is 9.90 Å². The van der Waals surface area contributed by atoms with Crippen LogP contribution < -0.4 is 5.32 Å². The SMILES string of the molecule is CSc1ncccc1C(=O)N[C@@H](CO)c1ccccc1. The molecule has 0 spiro atoms. The summed E-state index contributed by atoms with van der Waals surface area (Å²) in [5.74, 6) is -0.231. The van der Waals surface area contributed by atoms with Crippen LogP contribution in [0.1, 0.15) is 22.0 Å². The monoisotopic (exact) mass is 288 g/mol. The van der Waals surface area contributed by atoms with E-state index in [1.165, 1.54) is 11.8 Å². The number of nitrogens with zero attached hydrogens (tertiary/aromatic N) is 1. The lowest BCUT2D eigenvalue weighted by Crippen LogP contribution is -2.31. The molecule has 0 bridgehead atoms. The summed E-state index contributed by atoms with van der Waals surface area (Å²) in [5, 5.41) is 13.0. The fourth-order valence-corrected chi connectivity index (χ4v) is 2.43. The van der Waals surface area contributed by atoms with Crippen molar-refractivity contribution in [2.75, 3.05) is 12.9 Å². The standard InChI is InChI=1S/C15H16N2O2S/c1-20-15-12(8-5-9-16-15)14(19)17-13(10-18)11-6-3-2-4-7-11/h2-9,13,18H,10H2,1H3,(H,17,19)/t13-/m0/s1. The Balaban J connectivity index is 2.18. The molecule has 2 aromatic rings. The summed E-state index contributed by atoms with van der Waals surface area (Å²) in [7, 11) is 0. The van der Waals surface area contributed by atoms with E-state index in [9.17, 15) is 9.90 Å². The van der Waals surface area contributed by atoms with Crippen LogP contribution in [0, 0.1) is 0 Å². The molecule has 1 aromatic carbocycles. The molecule has 0 saturated heterocycles. The molecule has 0 aliphatic rings. The number of benzene rings is 1. The number of hydrogen-bond donors (Lipinski definition) is 2. The van der Waals surface area contributed by atoms with Crippen LogP contribution in [0.2, 0.25) is 0 Å². The van der Waals surface area contributed by atoms with Gasteiger partial charge in [-0.2, -0.15) is 0 Å². The number of nitrogens with one attached hydrogen (secondary N) is 1. The molecule has 2 rings (SSSR count). The van der Waals surface area contributed by atoms with Crippen LogP contribution in [-0.4, -0.2) is 28.9 Å². The van der Waals surface area contributed by atoms with Gasteiger partial charge >= 0.3 is 0 Å². The zero-order valence-electron chi connectivity index (χ0n) is 11.1. The minimum absolute atomic E-state index is 0.148. The Hall–Kier alpha value is -1.85. The van der Waals surface area contributed by atoms with Gasteiger partial charge in [-0.05, 0) is 24.0 Å². The van der Waals surface area contributed by atoms with E-state index in [2.05, 4.69) is 10.3 Å². The summed E-state index contributed by atoms with van der Waals surface area (Å²) in [4.78, 5) is 16.5. The summed E-state index contributed by atoms with van der Waals surface area (Å²) in [6.45, 7) is -0.148. The number of aliphatic hydroxyl groups excluding tert-OH is 1. The smallest absolute Gasteiger partial charge is 0.254 e. The molecule has 1 heterocycles. The van der Waals surface area contributed by atoms with Crippen LogP contribution in [0.4, 0.5) is 0 Å². The Morgan fingerprint density at radius 3 is 2.70 bits per heavy atom. The van der Waals surface area contributed by atoms with Gasteiger partial charge in [0.25, 0.3) is 5.91 Å². The van der Waals surface area contributed by atoms with Gasteiger partial charge in [0, 0.05) is 6.20 Å². The van der Waals surface area contributed by atoms with Crippen LogP contribution in [-0.2, 0) is 0 Å². The summed E-state index contributed by atoms with van der Waals surface area (Å²) >= 11 is 1.42. The molecule has 0 radical (unpaired) electrons. The van der Waals surface area contributed by atoms with E-state index in [4.69, 9.17) is 0 Å². The Kier molecular flexibility index (Phi) is 5.15. The maximum absolute atomic E-state index is 12.3. The van der Waals surface area contributed by atoms with Crippen LogP contribution in [0.25, 0.3) is 0 Å². The Bertz CT molecular complexity index is 575. The van der Waals surface area contributed by atoms with Gasteiger partial charge in [-0.3, -0.25) is 4.79 Å². The fraction of sp³-hybridized carbons (Fsp3) is 0.200. The van der Waals surface area contributed by atoms with E-state index < -0.39 is 6.04 Å². The summed E-state index contributed by atoms with van der Waals surface area (Å²) in [6.07, 6.45) is 3.53. The van der Waals surface area contributed by atoms with Gasteiger partial charge in [0.1, 0.15) is 5.03 Å². The number of amides is 1. The maximum atomic E-state index is 12.3. The molecule has 5 heteroatoms. The van der Waals surface area contributed by atoms with Crippen molar-refractivity contribution in [2.45, 2.75) is 11.1 Å². The van der Waals surface area contributed by atoms with Gasteiger partial charge in [-0.15, -0.1) is 11.8 Å². The number of rotatable bonds is 5. The number of pyridine rings is 1. The van der Waals surface area contributed by atoms with E-state index in [1.54, 1.807) is 18.3 Å². The largest absolute Gasteiger partial charge is 0.394 e. The third kappa shape index (κ3) is 3.37. The quantitative estimate of drug-likeness (QED) is 0.829. The first kappa shape index (κ1) is 14.6. The summed E-state index contributed by atoms with van der Waals surface area (Å²) in [6, 6.07) is 12.4. The van der Waals surface area contributed by atoms with Crippen molar-refractivity contribution >= 4 is 17.7 Å². The molecular formula is C15H16N2O2S. The van der Waals surface area contributed by atoms with Crippen LogP contribution in [0.3, 0.4) is 0 Å². The van der Waals surface area contributed by atoms with E-state index in [0.29, 0.717) is 10.6 Å². The van der Waals surface area contributed by atoms with Crippen molar-refractivity contribution in [3.8, 4) is 0 Å². The molecule has 1 atom stereocenters. The normalized spacial score (nSPS) is 11.9. The predicted octanol–water partition coefficient (Wildman–Crippen LogP) is 2.27. The molecular weight excluding hydrogens is 272 g/mol. The summed E-state index contributed by atoms with van der Waals surface area (Å²) in [5.41, 5.74) is 1.40. The Morgan fingerprint density at radius 2 is 2.05 bits per heavy atom. The van der Waals surface area contributed by atoms with Crippen molar-refractivity contribution in [3.63, 3.8) is 0 Å². The highest BCUT2D eigenvalue weighted by Crippen LogP contribution is 2.18. The third-order valence-electron chi connectivity index (χ3n) is 2.90. The second kappa shape index (κ2) is 7.07. The van der Waals surface area contributed by atoms with Gasteiger partial charge in [0.05, 0.1) is 18.2 Å². The minimum Gasteiger partial charge on any atom is -0.394 e. The number of carbonyl (C=O) groups excluding carboxylic acids is 1. The first-order valence-electron chi connectivity index (χ1n) is 6.22. The van der Waals surface area contributed by atoms with E-state index in [1.807, 2.05) is 36.6 Å². The Labute approximate surface area is 122 Å². The molecule has 1 amide bonds. The lowest BCUT2D eigenvalue weighted by atomic mass is 10.1. The van der Waals surface area contributed by atoms with Gasteiger partial charge in [0.2, 0.25) is 0 Å².